The molecule has 2 rings (SSSR count). The van der Waals surface area contributed by atoms with Crippen molar-refractivity contribution < 1.29 is 4.74 Å². The number of hydrogen-bond acceptors (Lipinski definition) is 2. The number of methoxy groups -OCH3 is 1. The van der Waals surface area contributed by atoms with Gasteiger partial charge in [-0.25, -0.2) is 0 Å². The topological polar surface area (TPSA) is 21.3 Å². The lowest BCUT2D eigenvalue weighted by atomic mass is 10.0. The average molecular weight is 261 g/mol. The van der Waals surface area contributed by atoms with E-state index in [1.165, 1.54) is 37.7 Å². The summed E-state index contributed by atoms with van der Waals surface area (Å²) in [5, 5.41) is 3.79. The molecule has 19 heavy (non-hydrogen) atoms. The fourth-order valence-corrected chi connectivity index (χ4v) is 3.00. The number of nitrogens with one attached hydrogen (secondary N) is 1. The zero-order valence-electron chi connectivity index (χ0n) is 12.5. The highest BCUT2D eigenvalue weighted by Gasteiger charge is 2.18. The van der Waals surface area contributed by atoms with Gasteiger partial charge in [0, 0.05) is 12.1 Å². The second kappa shape index (κ2) is 6.95. The van der Waals surface area contributed by atoms with Crippen molar-refractivity contribution in [2.45, 2.75) is 58.0 Å². The standard InChI is InChI=1S/C17H27NO/c1-13-5-4-6-16(10-7-13)18-14(2)15-8-11-17(19-3)12-9-15/h8-9,11-14,16,18H,4-7,10H2,1-3H3/t13?,14-,16?/m0/s1. The van der Waals surface area contributed by atoms with Gasteiger partial charge >= 0.3 is 0 Å². The summed E-state index contributed by atoms with van der Waals surface area (Å²) in [6.07, 6.45) is 6.78. The van der Waals surface area contributed by atoms with Gasteiger partial charge in [-0.3, -0.25) is 0 Å². The van der Waals surface area contributed by atoms with E-state index in [2.05, 4.69) is 31.3 Å². The van der Waals surface area contributed by atoms with Crippen LogP contribution in [0.4, 0.5) is 0 Å². The van der Waals surface area contributed by atoms with Crippen molar-refractivity contribution in [2.75, 3.05) is 7.11 Å². The second-order valence-electron chi connectivity index (χ2n) is 5.97. The summed E-state index contributed by atoms with van der Waals surface area (Å²) in [7, 11) is 1.71. The Morgan fingerprint density at radius 2 is 1.84 bits per heavy atom. The highest BCUT2D eigenvalue weighted by molar-refractivity contribution is 5.28. The first-order valence-corrected chi connectivity index (χ1v) is 7.59. The zero-order valence-corrected chi connectivity index (χ0v) is 12.5. The van der Waals surface area contributed by atoms with E-state index in [4.69, 9.17) is 4.74 Å². The Morgan fingerprint density at radius 1 is 1.11 bits per heavy atom. The Bertz CT molecular complexity index is 373. The van der Waals surface area contributed by atoms with Crippen LogP contribution < -0.4 is 10.1 Å². The van der Waals surface area contributed by atoms with E-state index >= 15 is 0 Å². The van der Waals surface area contributed by atoms with Crippen LogP contribution in [-0.2, 0) is 0 Å². The summed E-state index contributed by atoms with van der Waals surface area (Å²) in [6, 6.07) is 9.52. The summed E-state index contributed by atoms with van der Waals surface area (Å²) in [4.78, 5) is 0. The van der Waals surface area contributed by atoms with Gasteiger partial charge in [0.05, 0.1) is 7.11 Å². The molecule has 1 fully saturated rings. The predicted molar refractivity (Wildman–Crippen MR) is 80.6 cm³/mol. The van der Waals surface area contributed by atoms with Crippen LogP contribution in [0.5, 0.6) is 5.75 Å². The molecule has 2 nitrogen and oxygen atoms in total. The predicted octanol–water partition coefficient (Wildman–Crippen LogP) is 4.31. The van der Waals surface area contributed by atoms with Crippen molar-refractivity contribution in [1.82, 2.24) is 5.32 Å². The van der Waals surface area contributed by atoms with Crippen molar-refractivity contribution in [1.29, 1.82) is 0 Å². The molecule has 1 aliphatic rings. The van der Waals surface area contributed by atoms with Crippen molar-refractivity contribution >= 4 is 0 Å². The van der Waals surface area contributed by atoms with E-state index in [1.54, 1.807) is 7.11 Å². The lowest BCUT2D eigenvalue weighted by molar-refractivity contribution is 0.405. The molecule has 2 unspecified atom stereocenters. The third-order valence-corrected chi connectivity index (χ3v) is 4.36. The SMILES string of the molecule is COc1ccc([C@H](C)NC2CCCC(C)CC2)cc1. The summed E-state index contributed by atoms with van der Waals surface area (Å²) >= 11 is 0. The first-order chi connectivity index (χ1) is 9.19. The molecule has 1 saturated carbocycles. The fourth-order valence-electron chi connectivity index (χ4n) is 3.00. The summed E-state index contributed by atoms with van der Waals surface area (Å²) < 4.78 is 5.21. The monoisotopic (exact) mass is 261 g/mol. The lowest BCUT2D eigenvalue weighted by Crippen LogP contribution is -2.31. The van der Waals surface area contributed by atoms with Gasteiger partial charge in [-0.15, -0.1) is 0 Å². The van der Waals surface area contributed by atoms with Gasteiger partial charge in [0.2, 0.25) is 0 Å². The molecule has 0 aliphatic heterocycles. The molecule has 0 saturated heterocycles. The molecule has 3 atom stereocenters. The third kappa shape index (κ3) is 4.24. The first kappa shape index (κ1) is 14.4. The average Bonchev–Trinajstić information content (AvgIpc) is 2.64. The van der Waals surface area contributed by atoms with Gasteiger partial charge in [0.25, 0.3) is 0 Å². The highest BCUT2D eigenvalue weighted by atomic mass is 16.5. The van der Waals surface area contributed by atoms with Crippen molar-refractivity contribution in [3.8, 4) is 5.75 Å². The molecule has 0 amide bonds. The minimum absolute atomic E-state index is 0.421. The Kier molecular flexibility index (Phi) is 5.26. The number of hydrogen-bond donors (Lipinski definition) is 1. The van der Waals surface area contributed by atoms with Crippen molar-refractivity contribution in [2.24, 2.45) is 5.92 Å². The molecule has 1 aromatic carbocycles. The molecule has 1 N–H and O–H groups in total. The van der Waals surface area contributed by atoms with Gasteiger partial charge in [0.15, 0.2) is 0 Å². The molecule has 0 radical (unpaired) electrons. The maximum atomic E-state index is 5.21. The van der Waals surface area contributed by atoms with Gasteiger partial charge in [-0.05, 0) is 49.8 Å². The Morgan fingerprint density at radius 3 is 2.53 bits per heavy atom. The molecule has 0 heterocycles. The van der Waals surface area contributed by atoms with Crippen molar-refractivity contribution in [3.05, 3.63) is 29.8 Å². The van der Waals surface area contributed by atoms with E-state index in [1.807, 2.05) is 12.1 Å². The van der Waals surface area contributed by atoms with Crippen LogP contribution in [-0.4, -0.2) is 13.2 Å². The van der Waals surface area contributed by atoms with E-state index < -0.39 is 0 Å². The van der Waals surface area contributed by atoms with Gasteiger partial charge in [-0.2, -0.15) is 0 Å². The number of ether oxygens (including phenoxy) is 1. The van der Waals surface area contributed by atoms with Crippen LogP contribution in [0.15, 0.2) is 24.3 Å². The molecular weight excluding hydrogens is 234 g/mol. The Balaban J connectivity index is 1.90. The Hall–Kier alpha value is -1.02. The maximum absolute atomic E-state index is 5.21. The quantitative estimate of drug-likeness (QED) is 0.815. The van der Waals surface area contributed by atoms with E-state index in [0.717, 1.165) is 11.7 Å². The molecule has 0 bridgehead atoms. The molecule has 1 aliphatic carbocycles. The van der Waals surface area contributed by atoms with Gasteiger partial charge in [0.1, 0.15) is 5.75 Å². The first-order valence-electron chi connectivity index (χ1n) is 7.59. The zero-order chi connectivity index (χ0) is 13.7. The van der Waals surface area contributed by atoms with Crippen LogP contribution >= 0.6 is 0 Å². The summed E-state index contributed by atoms with van der Waals surface area (Å²) in [5.74, 6) is 1.84. The van der Waals surface area contributed by atoms with E-state index in [9.17, 15) is 0 Å². The normalized spacial score (nSPS) is 25.6. The molecule has 0 spiro atoms. The smallest absolute Gasteiger partial charge is 0.118 e. The summed E-state index contributed by atoms with van der Waals surface area (Å²) in [6.45, 7) is 4.64. The summed E-state index contributed by atoms with van der Waals surface area (Å²) in [5.41, 5.74) is 1.35. The number of rotatable bonds is 4. The Labute approximate surface area is 117 Å². The minimum Gasteiger partial charge on any atom is -0.497 e. The molecule has 106 valence electrons. The van der Waals surface area contributed by atoms with Gasteiger partial charge < -0.3 is 10.1 Å². The molecular formula is C17H27NO. The molecule has 1 aromatic rings. The second-order valence-corrected chi connectivity index (χ2v) is 5.97. The minimum atomic E-state index is 0.421. The van der Waals surface area contributed by atoms with Gasteiger partial charge in [-0.1, -0.05) is 31.9 Å². The maximum Gasteiger partial charge on any atom is 0.118 e. The molecule has 0 aromatic heterocycles. The van der Waals surface area contributed by atoms with Crippen LogP contribution in [0, 0.1) is 5.92 Å². The van der Waals surface area contributed by atoms with Crippen LogP contribution in [0.2, 0.25) is 0 Å². The van der Waals surface area contributed by atoms with E-state index in [0.29, 0.717) is 12.1 Å². The lowest BCUT2D eigenvalue weighted by Gasteiger charge is -2.22. The molecule has 2 heteroatoms. The van der Waals surface area contributed by atoms with Crippen LogP contribution in [0.25, 0.3) is 0 Å². The van der Waals surface area contributed by atoms with E-state index in [-0.39, 0.29) is 0 Å². The third-order valence-electron chi connectivity index (χ3n) is 4.36. The van der Waals surface area contributed by atoms with Crippen LogP contribution in [0.3, 0.4) is 0 Å². The highest BCUT2D eigenvalue weighted by Crippen LogP contribution is 2.25. The largest absolute Gasteiger partial charge is 0.497 e. The fraction of sp³-hybridized carbons (Fsp3) is 0.647. The van der Waals surface area contributed by atoms with Crippen molar-refractivity contribution in [3.63, 3.8) is 0 Å². The number of benzene rings is 1. The van der Waals surface area contributed by atoms with Crippen LogP contribution in [0.1, 0.15) is 57.6 Å².